The molecule has 0 fully saturated rings. The zero-order chi connectivity index (χ0) is 7.33. The fourth-order valence-electron chi connectivity index (χ4n) is 0.542. The largest absolute Gasteiger partial charge is 0.381 e. The lowest BCUT2D eigenvalue weighted by Crippen LogP contribution is -2.20. The summed E-state index contributed by atoms with van der Waals surface area (Å²) in [5, 5.41) is 11.2. The summed E-state index contributed by atoms with van der Waals surface area (Å²) in [6, 6.07) is 0. The summed E-state index contributed by atoms with van der Waals surface area (Å²) in [5.74, 6) is 0. The van der Waals surface area contributed by atoms with Gasteiger partial charge < -0.3 is 5.11 Å². The Hall–Kier alpha value is -0.0800. The fourth-order valence-corrected chi connectivity index (χ4v) is 0.542. The molecule has 9 heavy (non-hydrogen) atoms. The van der Waals surface area contributed by atoms with Crippen LogP contribution in [0.2, 0.25) is 0 Å². The number of hydrogen-bond acceptors (Lipinski definition) is 2. The molecule has 0 saturated heterocycles. The number of hydrogen-bond donors (Lipinski definition) is 2. The predicted octanol–water partition coefficient (Wildman–Crippen LogP) is 0.962. The van der Waals surface area contributed by atoms with Gasteiger partial charge >= 0.3 is 0 Å². The van der Waals surface area contributed by atoms with Crippen LogP contribution in [-0.2, 0) is 0 Å². The molecule has 0 aliphatic heterocycles. The van der Waals surface area contributed by atoms with E-state index in [1.807, 2.05) is 0 Å². The molecule has 0 spiro atoms. The third-order valence-electron chi connectivity index (χ3n) is 1.16. The van der Waals surface area contributed by atoms with E-state index in [9.17, 15) is 0 Å². The molecule has 0 aliphatic carbocycles. The van der Waals surface area contributed by atoms with Crippen molar-refractivity contribution in [1.82, 2.24) is 5.32 Å². The Labute approximate surface area is 57.3 Å². The second-order valence-corrected chi connectivity index (χ2v) is 3.47. The third kappa shape index (κ3) is 7.92. The second-order valence-electron chi connectivity index (χ2n) is 3.47. The molecule has 0 aromatic rings. The molecule has 0 unspecified atom stereocenters. The molecule has 0 amide bonds. The van der Waals surface area contributed by atoms with Gasteiger partial charge in [0.1, 0.15) is 0 Å². The molecule has 0 aromatic carbocycles. The van der Waals surface area contributed by atoms with E-state index in [0.29, 0.717) is 5.41 Å². The predicted molar refractivity (Wildman–Crippen MR) is 39.2 cm³/mol. The van der Waals surface area contributed by atoms with Gasteiger partial charge in [0.15, 0.2) is 0 Å². The van der Waals surface area contributed by atoms with Crippen LogP contribution < -0.4 is 5.32 Å². The van der Waals surface area contributed by atoms with Crippen molar-refractivity contribution in [2.75, 3.05) is 13.3 Å². The monoisotopic (exact) mass is 131 g/mol. The lowest BCUT2D eigenvalue weighted by molar-refractivity contribution is 0.248. The minimum atomic E-state index is 0.0933. The van der Waals surface area contributed by atoms with Crippen molar-refractivity contribution in [3.63, 3.8) is 0 Å². The van der Waals surface area contributed by atoms with Crippen LogP contribution in [-0.4, -0.2) is 18.4 Å². The normalized spacial score (nSPS) is 12.0. The van der Waals surface area contributed by atoms with E-state index in [0.717, 1.165) is 13.0 Å². The molecule has 2 N–H and O–H groups in total. The Morgan fingerprint density at radius 3 is 2.22 bits per heavy atom. The molecule has 0 bridgehead atoms. The van der Waals surface area contributed by atoms with Gasteiger partial charge in [0, 0.05) is 0 Å². The zero-order valence-electron chi connectivity index (χ0n) is 6.57. The maximum Gasteiger partial charge on any atom is 0.0931 e. The van der Waals surface area contributed by atoms with Crippen LogP contribution >= 0.6 is 0 Å². The molecule has 0 aliphatic rings. The molecule has 0 rings (SSSR count). The fraction of sp³-hybridized carbons (Fsp3) is 1.00. The Morgan fingerprint density at radius 2 is 1.89 bits per heavy atom. The summed E-state index contributed by atoms with van der Waals surface area (Å²) in [4.78, 5) is 0. The summed E-state index contributed by atoms with van der Waals surface area (Å²) in [6.45, 7) is 7.56. The highest BCUT2D eigenvalue weighted by Crippen LogP contribution is 2.16. The molecular formula is C7H17NO. The Kier molecular flexibility index (Phi) is 3.82. The maximum atomic E-state index is 8.35. The van der Waals surface area contributed by atoms with E-state index in [1.54, 1.807) is 0 Å². The first-order valence-corrected chi connectivity index (χ1v) is 3.38. The van der Waals surface area contributed by atoms with Crippen molar-refractivity contribution in [1.29, 1.82) is 0 Å². The second kappa shape index (κ2) is 3.85. The average molecular weight is 131 g/mol. The molecule has 0 saturated carbocycles. The van der Waals surface area contributed by atoms with Crippen molar-refractivity contribution in [2.24, 2.45) is 5.41 Å². The van der Waals surface area contributed by atoms with E-state index in [2.05, 4.69) is 26.1 Å². The van der Waals surface area contributed by atoms with Crippen LogP contribution in [0.3, 0.4) is 0 Å². The van der Waals surface area contributed by atoms with E-state index < -0.39 is 0 Å². The van der Waals surface area contributed by atoms with Gasteiger partial charge in [-0.1, -0.05) is 20.8 Å². The minimum Gasteiger partial charge on any atom is -0.381 e. The average Bonchev–Trinajstić information content (AvgIpc) is 1.63. The van der Waals surface area contributed by atoms with Gasteiger partial charge in [0.25, 0.3) is 0 Å². The molecule has 0 aromatic heterocycles. The van der Waals surface area contributed by atoms with Gasteiger partial charge in [-0.05, 0) is 18.4 Å². The quantitative estimate of drug-likeness (QED) is 0.441. The van der Waals surface area contributed by atoms with Gasteiger partial charge in [0.2, 0.25) is 0 Å². The molecule has 0 atom stereocenters. The van der Waals surface area contributed by atoms with Gasteiger partial charge in [-0.15, -0.1) is 0 Å². The number of rotatable bonds is 3. The number of aliphatic hydroxyl groups is 1. The summed E-state index contributed by atoms with van der Waals surface area (Å²) >= 11 is 0. The highest BCUT2D eigenvalue weighted by Gasteiger charge is 2.07. The van der Waals surface area contributed by atoms with E-state index in [-0.39, 0.29) is 6.73 Å². The lowest BCUT2D eigenvalue weighted by Gasteiger charge is -2.17. The van der Waals surface area contributed by atoms with Crippen molar-refractivity contribution >= 4 is 0 Å². The molecule has 2 heteroatoms. The Balaban J connectivity index is 3.07. The first kappa shape index (κ1) is 8.92. The van der Waals surface area contributed by atoms with Gasteiger partial charge in [-0.25, -0.2) is 0 Å². The van der Waals surface area contributed by atoms with Crippen molar-refractivity contribution in [2.45, 2.75) is 27.2 Å². The smallest absolute Gasteiger partial charge is 0.0931 e. The van der Waals surface area contributed by atoms with Crippen LogP contribution in [0.25, 0.3) is 0 Å². The van der Waals surface area contributed by atoms with Crippen LogP contribution in [0.5, 0.6) is 0 Å². The summed E-state index contributed by atoms with van der Waals surface area (Å²) < 4.78 is 0. The summed E-state index contributed by atoms with van der Waals surface area (Å²) in [6.07, 6.45) is 1.10. The van der Waals surface area contributed by atoms with Crippen LogP contribution in [0.15, 0.2) is 0 Å². The molecule has 2 nitrogen and oxygen atoms in total. The van der Waals surface area contributed by atoms with Crippen molar-refractivity contribution in [3.05, 3.63) is 0 Å². The highest BCUT2D eigenvalue weighted by atomic mass is 16.3. The summed E-state index contributed by atoms with van der Waals surface area (Å²) in [5.41, 5.74) is 0.377. The Bertz CT molecular complexity index is 65.8. The topological polar surface area (TPSA) is 32.3 Å². The van der Waals surface area contributed by atoms with E-state index in [4.69, 9.17) is 5.11 Å². The van der Waals surface area contributed by atoms with E-state index >= 15 is 0 Å². The van der Waals surface area contributed by atoms with E-state index in [1.165, 1.54) is 0 Å². The number of nitrogens with one attached hydrogen (secondary N) is 1. The first-order chi connectivity index (χ1) is 4.06. The molecule has 56 valence electrons. The van der Waals surface area contributed by atoms with Crippen LogP contribution in [0, 0.1) is 5.41 Å². The van der Waals surface area contributed by atoms with Gasteiger partial charge in [-0.2, -0.15) is 0 Å². The first-order valence-electron chi connectivity index (χ1n) is 3.38. The highest BCUT2D eigenvalue weighted by molar-refractivity contribution is 4.61. The van der Waals surface area contributed by atoms with Crippen molar-refractivity contribution in [3.8, 4) is 0 Å². The SMILES string of the molecule is CC(C)(C)CCNCO. The van der Waals surface area contributed by atoms with Crippen LogP contribution in [0.1, 0.15) is 27.2 Å². The Morgan fingerprint density at radius 1 is 1.33 bits per heavy atom. The van der Waals surface area contributed by atoms with Crippen LogP contribution in [0.4, 0.5) is 0 Å². The minimum absolute atomic E-state index is 0.0933. The van der Waals surface area contributed by atoms with Crippen molar-refractivity contribution < 1.29 is 5.11 Å². The third-order valence-corrected chi connectivity index (χ3v) is 1.16. The van der Waals surface area contributed by atoms with Gasteiger partial charge in [-0.3, -0.25) is 5.32 Å². The van der Waals surface area contributed by atoms with Gasteiger partial charge in [0.05, 0.1) is 6.73 Å². The molecule has 0 radical (unpaired) electrons. The standard InChI is InChI=1S/C7H17NO/c1-7(2,3)4-5-8-6-9/h8-9H,4-6H2,1-3H3. The summed E-state index contributed by atoms with van der Waals surface area (Å²) in [7, 11) is 0. The lowest BCUT2D eigenvalue weighted by atomic mass is 9.92. The molecule has 0 heterocycles. The number of aliphatic hydroxyl groups excluding tert-OH is 1. The zero-order valence-corrected chi connectivity index (χ0v) is 6.57. The maximum absolute atomic E-state index is 8.35. The molecular weight excluding hydrogens is 114 g/mol.